The van der Waals surface area contributed by atoms with Gasteiger partial charge in [-0.25, -0.2) is 9.78 Å². The van der Waals surface area contributed by atoms with E-state index in [0.29, 0.717) is 30.2 Å². The zero-order chi connectivity index (χ0) is 22.8. The molecule has 1 saturated carbocycles. The Kier molecular flexibility index (Phi) is 6.78. The lowest BCUT2D eigenvalue weighted by molar-refractivity contribution is 0.00990. The molecule has 0 unspecified atom stereocenters. The van der Waals surface area contributed by atoms with Crippen LogP contribution in [-0.2, 0) is 11.2 Å². The number of nitrogens with zero attached hydrogens (tertiary/aromatic N) is 2. The molecule has 1 aromatic carbocycles. The van der Waals surface area contributed by atoms with Crippen LogP contribution in [0.5, 0.6) is 0 Å². The number of carbonyl (C=O) groups is 1. The van der Waals surface area contributed by atoms with Gasteiger partial charge in [-0.1, -0.05) is 48.0 Å². The molecule has 5 nitrogen and oxygen atoms in total. The molecule has 1 N–H and O–H groups in total. The summed E-state index contributed by atoms with van der Waals surface area (Å²) >= 11 is 6.00. The van der Waals surface area contributed by atoms with Crippen molar-refractivity contribution in [1.29, 1.82) is 0 Å². The number of rotatable bonds is 6. The largest absolute Gasteiger partial charge is 0.444 e. The van der Waals surface area contributed by atoms with Gasteiger partial charge in [0.15, 0.2) is 0 Å². The van der Waals surface area contributed by atoms with E-state index in [0.717, 1.165) is 25.8 Å². The molecule has 2 aliphatic rings. The number of piperidine rings is 1. The van der Waals surface area contributed by atoms with Crippen LogP contribution in [0.2, 0.25) is 5.15 Å². The normalized spacial score (nSPS) is 22.4. The molecule has 1 aliphatic heterocycles. The molecule has 2 aromatic rings. The summed E-state index contributed by atoms with van der Waals surface area (Å²) in [5.41, 5.74) is 2.22. The second-order valence-electron chi connectivity index (χ2n) is 10.4. The van der Waals surface area contributed by atoms with Crippen LogP contribution in [0.1, 0.15) is 57.1 Å². The predicted molar refractivity (Wildman–Crippen MR) is 128 cm³/mol. The molecule has 2 atom stereocenters. The van der Waals surface area contributed by atoms with Crippen LogP contribution in [0.25, 0.3) is 0 Å². The average Bonchev–Trinajstić information content (AvgIpc) is 3.54. The number of hydrogen-bond acceptors (Lipinski definition) is 4. The Balaban J connectivity index is 1.40. The van der Waals surface area contributed by atoms with Crippen molar-refractivity contribution in [2.75, 3.05) is 19.6 Å². The molecule has 2 fully saturated rings. The van der Waals surface area contributed by atoms with Crippen LogP contribution in [-0.4, -0.2) is 47.3 Å². The zero-order valence-electron chi connectivity index (χ0n) is 19.3. The number of likely N-dealkylation sites (tertiary alicyclic amines) is 1. The summed E-state index contributed by atoms with van der Waals surface area (Å²) in [5, 5.41) is 4.37. The highest BCUT2D eigenvalue weighted by molar-refractivity contribution is 6.29. The number of halogens is 1. The van der Waals surface area contributed by atoms with E-state index in [1.165, 1.54) is 17.5 Å². The standard InChI is InChI=1S/C26H34ClN3O2/c1-25(2,3)32-24(31)30-13-11-26(12-14-30,16-19-9-10-23(27)28-17-19)18-29-22-15-21(22)20-7-5-4-6-8-20/h4-10,17,21-22,29H,11-16,18H2,1-3H3/t21-,22+/m0/s1. The van der Waals surface area contributed by atoms with Crippen molar-refractivity contribution in [3.05, 3.63) is 64.9 Å². The Morgan fingerprint density at radius 1 is 1.19 bits per heavy atom. The first-order chi connectivity index (χ1) is 15.2. The van der Waals surface area contributed by atoms with Crippen molar-refractivity contribution >= 4 is 17.7 Å². The van der Waals surface area contributed by atoms with Gasteiger partial charge in [-0.05, 0) is 69.1 Å². The maximum Gasteiger partial charge on any atom is 0.410 e. The quantitative estimate of drug-likeness (QED) is 0.589. The number of aromatic nitrogens is 1. The lowest BCUT2D eigenvalue weighted by Gasteiger charge is -2.42. The molecule has 1 aliphatic carbocycles. The Hall–Kier alpha value is -2.11. The fourth-order valence-electron chi connectivity index (χ4n) is 4.69. The molecule has 0 bridgehead atoms. The fraction of sp³-hybridized carbons (Fsp3) is 0.538. The minimum Gasteiger partial charge on any atom is -0.444 e. The molecule has 172 valence electrons. The summed E-state index contributed by atoms with van der Waals surface area (Å²) in [6.07, 6.45) is 5.66. The molecular formula is C26H34ClN3O2. The van der Waals surface area contributed by atoms with Gasteiger partial charge in [-0.3, -0.25) is 0 Å². The zero-order valence-corrected chi connectivity index (χ0v) is 20.1. The number of hydrogen-bond donors (Lipinski definition) is 1. The van der Waals surface area contributed by atoms with Crippen LogP contribution < -0.4 is 5.32 Å². The van der Waals surface area contributed by atoms with Gasteiger partial charge in [0, 0.05) is 37.8 Å². The second-order valence-corrected chi connectivity index (χ2v) is 10.8. The molecule has 32 heavy (non-hydrogen) atoms. The summed E-state index contributed by atoms with van der Waals surface area (Å²) in [4.78, 5) is 18.7. The Morgan fingerprint density at radius 3 is 2.53 bits per heavy atom. The Labute approximate surface area is 196 Å². The highest BCUT2D eigenvalue weighted by Crippen LogP contribution is 2.42. The van der Waals surface area contributed by atoms with E-state index in [2.05, 4.69) is 46.7 Å². The van der Waals surface area contributed by atoms with Crippen LogP contribution in [0.4, 0.5) is 4.79 Å². The third-order valence-electron chi connectivity index (χ3n) is 6.60. The molecule has 0 spiro atoms. The molecule has 6 heteroatoms. The maximum absolute atomic E-state index is 12.6. The molecule has 1 amide bonds. The van der Waals surface area contributed by atoms with E-state index in [-0.39, 0.29) is 11.5 Å². The lowest BCUT2D eigenvalue weighted by Crippen LogP contribution is -2.49. The summed E-state index contributed by atoms with van der Waals surface area (Å²) in [7, 11) is 0. The van der Waals surface area contributed by atoms with Crippen molar-refractivity contribution in [3.63, 3.8) is 0 Å². The molecule has 1 saturated heterocycles. The Morgan fingerprint density at radius 2 is 1.91 bits per heavy atom. The van der Waals surface area contributed by atoms with Gasteiger partial charge in [0.1, 0.15) is 10.8 Å². The SMILES string of the molecule is CC(C)(C)OC(=O)N1CCC(CN[C@@H]2C[C@H]2c2ccccc2)(Cc2ccc(Cl)nc2)CC1. The molecule has 0 radical (unpaired) electrons. The van der Waals surface area contributed by atoms with Crippen LogP contribution >= 0.6 is 11.6 Å². The smallest absolute Gasteiger partial charge is 0.410 e. The van der Waals surface area contributed by atoms with Crippen molar-refractivity contribution < 1.29 is 9.53 Å². The first kappa shape index (κ1) is 23.1. The van der Waals surface area contributed by atoms with E-state index in [4.69, 9.17) is 16.3 Å². The summed E-state index contributed by atoms with van der Waals surface area (Å²) in [6.45, 7) is 8.10. The number of carbonyl (C=O) groups excluding carboxylic acids is 1. The van der Waals surface area contributed by atoms with Crippen LogP contribution in [0.15, 0.2) is 48.7 Å². The van der Waals surface area contributed by atoms with Gasteiger partial charge >= 0.3 is 6.09 Å². The summed E-state index contributed by atoms with van der Waals surface area (Å²) in [5.74, 6) is 0.604. The minimum atomic E-state index is -0.472. The van der Waals surface area contributed by atoms with Gasteiger partial charge in [0.05, 0.1) is 0 Å². The number of pyridine rings is 1. The average molecular weight is 456 g/mol. The molecule has 1 aromatic heterocycles. The Bertz CT molecular complexity index is 903. The number of amides is 1. The van der Waals surface area contributed by atoms with Gasteiger partial charge in [-0.15, -0.1) is 0 Å². The van der Waals surface area contributed by atoms with E-state index >= 15 is 0 Å². The predicted octanol–water partition coefficient (Wildman–Crippen LogP) is 5.44. The maximum atomic E-state index is 12.6. The lowest BCUT2D eigenvalue weighted by atomic mass is 9.74. The van der Waals surface area contributed by atoms with Gasteiger partial charge in [-0.2, -0.15) is 0 Å². The molecular weight excluding hydrogens is 422 g/mol. The summed E-state index contributed by atoms with van der Waals surface area (Å²) < 4.78 is 5.59. The fourth-order valence-corrected chi connectivity index (χ4v) is 4.80. The third kappa shape index (κ3) is 6.02. The summed E-state index contributed by atoms with van der Waals surface area (Å²) in [6, 6.07) is 15.2. The first-order valence-corrected chi connectivity index (χ1v) is 12.0. The van der Waals surface area contributed by atoms with Crippen molar-refractivity contribution in [1.82, 2.24) is 15.2 Å². The monoisotopic (exact) mass is 455 g/mol. The van der Waals surface area contributed by atoms with Crippen molar-refractivity contribution in [3.8, 4) is 0 Å². The van der Waals surface area contributed by atoms with E-state index in [1.54, 1.807) is 0 Å². The van der Waals surface area contributed by atoms with Gasteiger partial charge in [0.2, 0.25) is 0 Å². The van der Waals surface area contributed by atoms with Crippen LogP contribution in [0.3, 0.4) is 0 Å². The highest BCUT2D eigenvalue weighted by Gasteiger charge is 2.42. The van der Waals surface area contributed by atoms with Gasteiger partial charge in [0.25, 0.3) is 0 Å². The second kappa shape index (κ2) is 9.40. The number of benzene rings is 1. The third-order valence-corrected chi connectivity index (χ3v) is 6.82. The van der Waals surface area contributed by atoms with E-state index in [1.807, 2.05) is 37.9 Å². The van der Waals surface area contributed by atoms with Crippen molar-refractivity contribution in [2.24, 2.45) is 5.41 Å². The van der Waals surface area contributed by atoms with Crippen LogP contribution in [0, 0.1) is 5.41 Å². The minimum absolute atomic E-state index is 0.0812. The van der Waals surface area contributed by atoms with E-state index < -0.39 is 5.60 Å². The van der Waals surface area contributed by atoms with E-state index in [9.17, 15) is 4.79 Å². The topological polar surface area (TPSA) is 54.5 Å². The molecule has 2 heterocycles. The van der Waals surface area contributed by atoms with Gasteiger partial charge < -0.3 is 15.0 Å². The number of ether oxygens (including phenoxy) is 1. The highest BCUT2D eigenvalue weighted by atomic mass is 35.5. The van der Waals surface area contributed by atoms with Crippen molar-refractivity contribution in [2.45, 2.75) is 64.0 Å². The molecule has 4 rings (SSSR count). The number of nitrogens with one attached hydrogen (secondary N) is 1. The first-order valence-electron chi connectivity index (χ1n) is 11.6.